The Morgan fingerprint density at radius 1 is 1.23 bits per heavy atom. The van der Waals surface area contributed by atoms with Gasteiger partial charge in [0.2, 0.25) is 0 Å². The first-order valence-corrected chi connectivity index (χ1v) is 9.25. The van der Waals surface area contributed by atoms with Crippen LogP contribution in [-0.4, -0.2) is 60.8 Å². The maximum Gasteiger partial charge on any atom is 0.261 e. The number of benzene rings is 1. The molecule has 1 aliphatic heterocycles. The van der Waals surface area contributed by atoms with Gasteiger partial charge in [0.25, 0.3) is 15.9 Å². The molecule has 2 heterocycles. The zero-order valence-corrected chi connectivity index (χ0v) is 15.1. The van der Waals surface area contributed by atoms with Crippen molar-refractivity contribution in [3.05, 3.63) is 59.5 Å². The molecule has 0 unspecified atom stereocenters. The Hall–Kier alpha value is -2.36. The van der Waals surface area contributed by atoms with Crippen LogP contribution < -0.4 is 0 Å². The van der Waals surface area contributed by atoms with Gasteiger partial charge in [-0.05, 0) is 18.2 Å². The number of carbonyl (C=O) groups excluding carboxylic acids is 1. The molecule has 3 rings (SSSR count). The first-order valence-electron chi connectivity index (χ1n) is 7.81. The number of aliphatic hydroxyl groups is 1. The summed E-state index contributed by atoms with van der Waals surface area (Å²) in [5, 5.41) is 10.2. The number of β-amino-alcohol motifs (C(OH)–C–C–N with tert-alkyl or cyclic N) is 1. The van der Waals surface area contributed by atoms with Crippen LogP contribution >= 0.6 is 0 Å². The Morgan fingerprint density at radius 2 is 1.88 bits per heavy atom. The van der Waals surface area contributed by atoms with Gasteiger partial charge in [0.15, 0.2) is 5.03 Å². The van der Waals surface area contributed by atoms with E-state index in [4.69, 9.17) is 0 Å². The Labute approximate surface area is 150 Å². The minimum atomic E-state index is -4.11. The Balaban J connectivity index is 1.91. The number of carbonyl (C=O) groups is 1. The third-order valence-electron chi connectivity index (χ3n) is 4.24. The molecule has 0 atom stereocenters. The van der Waals surface area contributed by atoms with Crippen molar-refractivity contribution in [3.63, 3.8) is 0 Å². The zero-order chi connectivity index (χ0) is 19.1. The van der Waals surface area contributed by atoms with E-state index in [1.165, 1.54) is 55.5 Å². The predicted molar refractivity (Wildman–Crippen MR) is 91.3 cm³/mol. The van der Waals surface area contributed by atoms with Gasteiger partial charge in [-0.15, -0.1) is 0 Å². The topological polar surface area (TPSA) is 90.8 Å². The Bertz CT molecular complexity index is 956. The van der Waals surface area contributed by atoms with E-state index >= 15 is 0 Å². The highest BCUT2D eigenvalue weighted by Crippen LogP contribution is 2.37. The van der Waals surface area contributed by atoms with E-state index < -0.39 is 27.3 Å². The molecule has 0 saturated carbocycles. The normalized spacial score (nSPS) is 16.8. The molecule has 1 fully saturated rings. The lowest BCUT2D eigenvalue weighted by Gasteiger charge is -2.45. The maximum absolute atomic E-state index is 13.9. The van der Waals surface area contributed by atoms with Crippen LogP contribution in [0.25, 0.3) is 0 Å². The summed E-state index contributed by atoms with van der Waals surface area (Å²) in [4.78, 5) is 17.4. The van der Waals surface area contributed by atoms with E-state index in [0.717, 1.165) is 4.31 Å². The molecule has 1 N–H and O–H groups in total. The number of sulfonamides is 1. The molecule has 0 spiro atoms. The molecule has 0 radical (unpaired) electrons. The fourth-order valence-electron chi connectivity index (χ4n) is 2.84. The molecular weight excluding hydrogens is 361 g/mol. The monoisotopic (exact) mass is 379 g/mol. The number of amides is 1. The molecule has 1 aromatic carbocycles. The number of pyridine rings is 1. The lowest BCUT2D eigenvalue weighted by Crippen LogP contribution is -2.61. The second kappa shape index (κ2) is 6.42. The maximum atomic E-state index is 13.9. The lowest BCUT2D eigenvalue weighted by molar-refractivity contribution is -0.0673. The van der Waals surface area contributed by atoms with Crippen LogP contribution in [0.5, 0.6) is 0 Å². The highest BCUT2D eigenvalue weighted by atomic mass is 32.2. The van der Waals surface area contributed by atoms with Crippen LogP contribution in [0.15, 0.2) is 47.6 Å². The zero-order valence-electron chi connectivity index (χ0n) is 14.3. The summed E-state index contributed by atoms with van der Waals surface area (Å²) < 4.78 is 40.6. The van der Waals surface area contributed by atoms with E-state index in [-0.39, 0.29) is 29.2 Å². The molecule has 1 aromatic heterocycles. The second-order valence-electron chi connectivity index (χ2n) is 6.34. The van der Waals surface area contributed by atoms with Crippen molar-refractivity contribution >= 4 is 15.9 Å². The molecule has 1 aliphatic rings. The smallest absolute Gasteiger partial charge is 0.261 e. The fourth-order valence-corrected chi connectivity index (χ4v) is 4.48. The number of aromatic nitrogens is 1. The largest absolute Gasteiger partial charge is 0.382 e. The predicted octanol–water partition coefficient (Wildman–Crippen LogP) is 0.815. The van der Waals surface area contributed by atoms with E-state index in [0.29, 0.717) is 0 Å². The summed E-state index contributed by atoms with van der Waals surface area (Å²) in [6, 6.07) is 8.54. The van der Waals surface area contributed by atoms with Crippen LogP contribution in [0.2, 0.25) is 0 Å². The van der Waals surface area contributed by atoms with Gasteiger partial charge in [-0.25, -0.2) is 17.8 Å². The summed E-state index contributed by atoms with van der Waals surface area (Å²) >= 11 is 0. The van der Waals surface area contributed by atoms with Gasteiger partial charge < -0.3 is 10.0 Å². The molecule has 138 valence electrons. The first kappa shape index (κ1) is 18.4. The van der Waals surface area contributed by atoms with Crippen molar-refractivity contribution in [2.24, 2.45) is 0 Å². The molecule has 1 saturated heterocycles. The van der Waals surface area contributed by atoms with Gasteiger partial charge >= 0.3 is 0 Å². The Kier molecular flexibility index (Phi) is 4.55. The number of halogens is 1. The number of hydrogen-bond donors (Lipinski definition) is 1. The van der Waals surface area contributed by atoms with Gasteiger partial charge in [0.1, 0.15) is 11.4 Å². The van der Waals surface area contributed by atoms with Crippen LogP contribution in [0.1, 0.15) is 15.9 Å². The van der Waals surface area contributed by atoms with Crippen LogP contribution in [0, 0.1) is 5.82 Å². The SMILES string of the molecule is CN(C)C(=O)c1cccnc1S(=O)(=O)N1CC(O)(c2ccccc2F)C1. The van der Waals surface area contributed by atoms with Crippen molar-refractivity contribution in [3.8, 4) is 0 Å². The van der Waals surface area contributed by atoms with Gasteiger partial charge in [0.05, 0.1) is 5.56 Å². The van der Waals surface area contributed by atoms with Crippen molar-refractivity contribution in [1.82, 2.24) is 14.2 Å². The minimum Gasteiger partial charge on any atom is -0.382 e. The van der Waals surface area contributed by atoms with Gasteiger partial charge in [0, 0.05) is 38.9 Å². The average molecular weight is 379 g/mol. The van der Waals surface area contributed by atoms with Crippen molar-refractivity contribution in [2.45, 2.75) is 10.6 Å². The average Bonchev–Trinajstić information content (AvgIpc) is 2.58. The molecule has 1 amide bonds. The summed E-state index contributed by atoms with van der Waals surface area (Å²) in [6.07, 6.45) is 1.28. The summed E-state index contributed by atoms with van der Waals surface area (Å²) in [7, 11) is -1.10. The molecule has 9 heteroatoms. The highest BCUT2D eigenvalue weighted by Gasteiger charge is 2.50. The van der Waals surface area contributed by atoms with E-state index in [2.05, 4.69) is 4.98 Å². The van der Waals surface area contributed by atoms with Crippen LogP contribution in [0.3, 0.4) is 0 Å². The van der Waals surface area contributed by atoms with Gasteiger partial charge in [-0.2, -0.15) is 4.31 Å². The van der Waals surface area contributed by atoms with Crippen molar-refractivity contribution in [1.29, 1.82) is 0 Å². The van der Waals surface area contributed by atoms with Crippen LogP contribution in [0.4, 0.5) is 4.39 Å². The van der Waals surface area contributed by atoms with Gasteiger partial charge in [-0.1, -0.05) is 18.2 Å². The number of nitrogens with zero attached hydrogens (tertiary/aromatic N) is 3. The Morgan fingerprint density at radius 3 is 2.50 bits per heavy atom. The first-order chi connectivity index (χ1) is 12.2. The molecule has 26 heavy (non-hydrogen) atoms. The summed E-state index contributed by atoms with van der Waals surface area (Å²) in [5.74, 6) is -1.10. The van der Waals surface area contributed by atoms with Gasteiger partial charge in [-0.3, -0.25) is 4.79 Å². The molecule has 0 bridgehead atoms. The minimum absolute atomic E-state index is 0.0389. The summed E-state index contributed by atoms with van der Waals surface area (Å²) in [6.45, 7) is -0.634. The fraction of sp³-hybridized carbons (Fsp3) is 0.294. The van der Waals surface area contributed by atoms with E-state index in [1.807, 2.05) is 0 Å². The molecule has 7 nitrogen and oxygen atoms in total. The number of hydrogen-bond acceptors (Lipinski definition) is 5. The quantitative estimate of drug-likeness (QED) is 0.849. The van der Waals surface area contributed by atoms with Crippen molar-refractivity contribution < 1.29 is 22.7 Å². The van der Waals surface area contributed by atoms with E-state index in [9.17, 15) is 22.7 Å². The van der Waals surface area contributed by atoms with E-state index in [1.54, 1.807) is 6.07 Å². The molecule has 0 aliphatic carbocycles. The second-order valence-corrected chi connectivity index (χ2v) is 8.19. The number of rotatable bonds is 4. The summed E-state index contributed by atoms with van der Waals surface area (Å²) in [5.41, 5.74) is -1.63. The molecule has 2 aromatic rings. The van der Waals surface area contributed by atoms with Crippen LogP contribution in [-0.2, 0) is 15.6 Å². The third kappa shape index (κ3) is 2.98. The highest BCUT2D eigenvalue weighted by molar-refractivity contribution is 7.89. The lowest BCUT2D eigenvalue weighted by atomic mass is 9.88. The molecular formula is C17H18FN3O4S. The standard InChI is InChI=1S/C17H18FN3O4S/c1-20(2)16(22)12-6-5-9-19-15(12)26(24,25)21-10-17(23,11-21)13-7-3-4-8-14(13)18/h3-9,23H,10-11H2,1-2H3. The third-order valence-corrected chi connectivity index (χ3v) is 6.00. The van der Waals surface area contributed by atoms with Crippen molar-refractivity contribution in [2.75, 3.05) is 27.2 Å².